The van der Waals surface area contributed by atoms with Crippen molar-refractivity contribution < 1.29 is 0 Å². The Kier molecular flexibility index (Phi) is 2.17. The van der Waals surface area contributed by atoms with Crippen molar-refractivity contribution in [2.45, 2.75) is 13.5 Å². The Labute approximate surface area is 104 Å². The fourth-order valence-electron chi connectivity index (χ4n) is 2.60. The van der Waals surface area contributed by atoms with Crippen molar-refractivity contribution in [1.82, 2.24) is 4.57 Å². The van der Waals surface area contributed by atoms with Crippen molar-refractivity contribution in [2.24, 2.45) is 0 Å². The topological polar surface area (TPSA) is 48.0 Å². The van der Waals surface area contributed by atoms with E-state index in [0.717, 1.165) is 21.5 Å². The zero-order valence-corrected chi connectivity index (χ0v) is 10.2. The lowest BCUT2D eigenvalue weighted by molar-refractivity contribution is 0.717. The van der Waals surface area contributed by atoms with Gasteiger partial charge in [0, 0.05) is 39.1 Å². The first-order valence-electron chi connectivity index (χ1n) is 5.97. The van der Waals surface area contributed by atoms with Crippen LogP contribution in [0.3, 0.4) is 0 Å². The van der Waals surface area contributed by atoms with E-state index in [1.807, 2.05) is 37.3 Å². The third-order valence-electron chi connectivity index (χ3n) is 3.50. The molecule has 1 heterocycles. The summed E-state index contributed by atoms with van der Waals surface area (Å²) < 4.78 is 1.70. The zero-order chi connectivity index (χ0) is 12.9. The summed E-state index contributed by atoms with van der Waals surface area (Å²) in [5.41, 5.74) is 6.68. The van der Waals surface area contributed by atoms with Gasteiger partial charge < -0.3 is 10.3 Å². The van der Waals surface area contributed by atoms with Crippen LogP contribution in [0.5, 0.6) is 0 Å². The normalized spacial score (nSPS) is 11.4. The first kappa shape index (κ1) is 10.8. The highest BCUT2D eigenvalue weighted by Gasteiger charge is 2.10. The van der Waals surface area contributed by atoms with Crippen molar-refractivity contribution in [3.8, 4) is 0 Å². The number of nitrogen functional groups attached to an aromatic ring is 1. The average Bonchev–Trinajstić information content (AvgIpc) is 2.38. The molecule has 0 radical (unpaired) electrons. The minimum atomic E-state index is 0.00574. The molecule has 3 heteroatoms. The van der Waals surface area contributed by atoms with E-state index in [-0.39, 0.29) is 5.56 Å². The molecule has 0 unspecified atom stereocenters. The summed E-state index contributed by atoms with van der Waals surface area (Å²) in [6, 6.07) is 9.48. The van der Waals surface area contributed by atoms with Crippen LogP contribution in [0.25, 0.3) is 28.1 Å². The largest absolute Gasteiger partial charge is 0.398 e. The van der Waals surface area contributed by atoms with Crippen LogP contribution in [0.2, 0.25) is 0 Å². The number of benzene rings is 2. The maximum atomic E-state index is 12.4. The van der Waals surface area contributed by atoms with Crippen LogP contribution in [0, 0.1) is 0 Å². The molecule has 3 nitrogen and oxygen atoms in total. The van der Waals surface area contributed by atoms with E-state index in [0.29, 0.717) is 17.6 Å². The number of nitrogens with two attached hydrogens (primary N) is 1. The Balaban J connectivity index is 2.77. The van der Waals surface area contributed by atoms with Gasteiger partial charge in [0.15, 0.2) is 0 Å². The SMILES string of the molecule is C=c1c2ccc(N)c3cccc(c(=O)n1CC)c32. The number of anilines is 1. The predicted octanol–water partition coefficient (Wildman–Crippen LogP) is 1.89. The molecule has 0 amide bonds. The van der Waals surface area contributed by atoms with Crippen LogP contribution in [0.1, 0.15) is 6.92 Å². The highest BCUT2D eigenvalue weighted by molar-refractivity contribution is 6.13. The van der Waals surface area contributed by atoms with Crippen LogP contribution in [0.4, 0.5) is 5.69 Å². The number of aromatic nitrogens is 1. The standard InChI is InChI=1S/C15H14N2O/c1-3-17-9(2)10-7-8-13(16)11-5-4-6-12(14(10)11)15(17)18/h4-8H,2-3,16H2,1H3. The first-order valence-corrected chi connectivity index (χ1v) is 5.97. The Morgan fingerprint density at radius 1 is 1.17 bits per heavy atom. The molecule has 3 aromatic rings. The highest BCUT2D eigenvalue weighted by atomic mass is 16.1. The van der Waals surface area contributed by atoms with Gasteiger partial charge in [0.05, 0.1) is 0 Å². The number of hydrogen-bond donors (Lipinski definition) is 1. The molecule has 0 saturated heterocycles. The molecule has 2 aromatic carbocycles. The maximum absolute atomic E-state index is 12.4. The molecule has 0 atom stereocenters. The zero-order valence-electron chi connectivity index (χ0n) is 10.2. The summed E-state index contributed by atoms with van der Waals surface area (Å²) in [6.45, 7) is 6.61. The van der Waals surface area contributed by atoms with Crippen molar-refractivity contribution >= 4 is 33.8 Å². The summed E-state index contributed by atoms with van der Waals surface area (Å²) in [5, 5.41) is 4.32. The molecule has 1 aromatic heterocycles. The van der Waals surface area contributed by atoms with Gasteiger partial charge >= 0.3 is 0 Å². The number of rotatable bonds is 1. The lowest BCUT2D eigenvalue weighted by Gasteiger charge is -2.12. The molecule has 2 N–H and O–H groups in total. The van der Waals surface area contributed by atoms with E-state index in [2.05, 4.69) is 6.58 Å². The smallest absolute Gasteiger partial charge is 0.258 e. The first-order chi connectivity index (χ1) is 8.65. The Bertz CT molecular complexity index is 829. The second-order valence-corrected chi connectivity index (χ2v) is 4.43. The lowest BCUT2D eigenvalue weighted by atomic mass is 10.0. The molecule has 0 aliphatic carbocycles. The van der Waals surface area contributed by atoms with Crippen LogP contribution in [-0.2, 0) is 6.54 Å². The van der Waals surface area contributed by atoms with Gasteiger partial charge in [-0.05, 0) is 19.1 Å². The second-order valence-electron chi connectivity index (χ2n) is 4.43. The molecular formula is C15H14N2O. The third-order valence-corrected chi connectivity index (χ3v) is 3.50. The molecule has 0 spiro atoms. The van der Waals surface area contributed by atoms with Crippen molar-refractivity contribution in [2.75, 3.05) is 5.73 Å². The van der Waals surface area contributed by atoms with Gasteiger partial charge in [-0.25, -0.2) is 0 Å². The van der Waals surface area contributed by atoms with E-state index in [1.165, 1.54) is 0 Å². The average molecular weight is 238 g/mol. The maximum Gasteiger partial charge on any atom is 0.258 e. The fourth-order valence-corrected chi connectivity index (χ4v) is 2.60. The van der Waals surface area contributed by atoms with E-state index in [4.69, 9.17) is 5.73 Å². The number of hydrogen-bond acceptors (Lipinski definition) is 2. The predicted molar refractivity (Wildman–Crippen MR) is 76.5 cm³/mol. The van der Waals surface area contributed by atoms with Crippen molar-refractivity contribution in [1.29, 1.82) is 0 Å². The van der Waals surface area contributed by atoms with Crippen LogP contribution in [0.15, 0.2) is 35.1 Å². The van der Waals surface area contributed by atoms with Gasteiger partial charge in [0.25, 0.3) is 5.56 Å². The molecular weight excluding hydrogens is 224 g/mol. The van der Waals surface area contributed by atoms with Gasteiger partial charge in [0.1, 0.15) is 0 Å². The molecule has 90 valence electrons. The van der Waals surface area contributed by atoms with Gasteiger partial charge in [-0.1, -0.05) is 24.8 Å². The van der Waals surface area contributed by atoms with Crippen LogP contribution < -0.4 is 16.6 Å². The summed E-state index contributed by atoms with van der Waals surface area (Å²) in [5.74, 6) is 0. The van der Waals surface area contributed by atoms with Gasteiger partial charge in [-0.3, -0.25) is 4.79 Å². The second kappa shape index (κ2) is 3.60. The van der Waals surface area contributed by atoms with E-state index in [1.54, 1.807) is 4.57 Å². The Morgan fingerprint density at radius 3 is 2.61 bits per heavy atom. The lowest BCUT2D eigenvalue weighted by Crippen LogP contribution is -2.32. The molecule has 0 aliphatic heterocycles. The minimum Gasteiger partial charge on any atom is -0.398 e. The summed E-state index contributed by atoms with van der Waals surface area (Å²) in [7, 11) is 0. The van der Waals surface area contributed by atoms with Gasteiger partial charge in [-0.2, -0.15) is 0 Å². The Morgan fingerprint density at radius 2 is 1.89 bits per heavy atom. The third kappa shape index (κ3) is 1.21. The molecule has 0 saturated carbocycles. The minimum absolute atomic E-state index is 0.00574. The highest BCUT2D eigenvalue weighted by Crippen LogP contribution is 2.26. The summed E-state index contributed by atoms with van der Waals surface area (Å²) in [4.78, 5) is 12.4. The van der Waals surface area contributed by atoms with E-state index in [9.17, 15) is 4.79 Å². The quantitative estimate of drug-likeness (QED) is 0.658. The van der Waals surface area contributed by atoms with Crippen molar-refractivity contribution in [3.05, 3.63) is 46.0 Å². The van der Waals surface area contributed by atoms with Gasteiger partial charge in [-0.15, -0.1) is 0 Å². The molecule has 0 aliphatic rings. The molecule has 0 fully saturated rings. The molecule has 3 rings (SSSR count). The Hall–Kier alpha value is -2.29. The van der Waals surface area contributed by atoms with Crippen LogP contribution >= 0.6 is 0 Å². The van der Waals surface area contributed by atoms with E-state index >= 15 is 0 Å². The van der Waals surface area contributed by atoms with Crippen LogP contribution in [-0.4, -0.2) is 4.57 Å². The van der Waals surface area contributed by atoms with Crippen molar-refractivity contribution in [3.63, 3.8) is 0 Å². The van der Waals surface area contributed by atoms with Gasteiger partial charge in [0.2, 0.25) is 0 Å². The fraction of sp³-hybridized carbons (Fsp3) is 0.133. The summed E-state index contributed by atoms with van der Waals surface area (Å²) >= 11 is 0. The molecule has 18 heavy (non-hydrogen) atoms. The number of nitrogens with zero attached hydrogens (tertiary/aromatic N) is 1. The van der Waals surface area contributed by atoms with E-state index < -0.39 is 0 Å². The number of pyridine rings is 1. The monoisotopic (exact) mass is 238 g/mol. The summed E-state index contributed by atoms with van der Waals surface area (Å²) in [6.07, 6.45) is 0. The molecule has 0 bridgehead atoms.